The highest BCUT2D eigenvalue weighted by atomic mass is 15.2. The Labute approximate surface area is 156 Å². The Balaban J connectivity index is 1.41. The molecule has 2 aliphatic rings. The first-order valence-corrected chi connectivity index (χ1v) is 10.3. The van der Waals surface area contributed by atoms with Crippen LogP contribution >= 0.6 is 0 Å². The van der Waals surface area contributed by atoms with Gasteiger partial charge >= 0.3 is 0 Å². The van der Waals surface area contributed by atoms with Gasteiger partial charge in [-0.15, -0.1) is 0 Å². The summed E-state index contributed by atoms with van der Waals surface area (Å²) in [5, 5.41) is 1.38. The van der Waals surface area contributed by atoms with Crippen molar-refractivity contribution in [3.63, 3.8) is 0 Å². The molecular formula is C24H28N2. The number of hydrogen-bond donors (Lipinski definition) is 0. The molecule has 1 aromatic heterocycles. The normalized spacial score (nSPS) is 18.5. The molecule has 0 radical (unpaired) electrons. The third-order valence-corrected chi connectivity index (χ3v) is 6.47. The molecule has 5 rings (SSSR count). The number of nitrogens with zero attached hydrogens (tertiary/aromatic N) is 2. The van der Waals surface area contributed by atoms with Crippen molar-refractivity contribution in [1.29, 1.82) is 0 Å². The minimum absolute atomic E-state index is 0.812. The lowest BCUT2D eigenvalue weighted by molar-refractivity contribution is 0.324. The Morgan fingerprint density at radius 3 is 2.35 bits per heavy atom. The Morgan fingerprint density at radius 2 is 1.62 bits per heavy atom. The van der Waals surface area contributed by atoms with Gasteiger partial charge in [-0.2, -0.15) is 0 Å². The van der Waals surface area contributed by atoms with Gasteiger partial charge in [0.1, 0.15) is 0 Å². The second-order valence-electron chi connectivity index (χ2n) is 8.05. The van der Waals surface area contributed by atoms with Gasteiger partial charge in [0, 0.05) is 30.2 Å². The Morgan fingerprint density at radius 1 is 0.808 bits per heavy atom. The van der Waals surface area contributed by atoms with Crippen LogP contribution in [-0.4, -0.2) is 29.1 Å². The molecule has 2 heteroatoms. The van der Waals surface area contributed by atoms with Crippen LogP contribution in [0, 0.1) is 0 Å². The zero-order valence-electron chi connectivity index (χ0n) is 15.5. The molecule has 1 saturated carbocycles. The highest BCUT2D eigenvalue weighted by Gasteiger charge is 2.19. The first-order chi connectivity index (χ1) is 12.9. The van der Waals surface area contributed by atoms with Crippen molar-refractivity contribution >= 4 is 10.9 Å². The van der Waals surface area contributed by atoms with Gasteiger partial charge in [-0.25, -0.2) is 0 Å². The molecule has 0 unspecified atom stereocenters. The average molecular weight is 345 g/mol. The van der Waals surface area contributed by atoms with Crippen molar-refractivity contribution in [3.8, 4) is 11.1 Å². The molecule has 1 aliphatic heterocycles. The van der Waals surface area contributed by atoms with Crippen LogP contribution in [-0.2, 0) is 6.54 Å². The summed E-state index contributed by atoms with van der Waals surface area (Å²) in [6.45, 7) is 4.81. The van der Waals surface area contributed by atoms with Crippen molar-refractivity contribution in [3.05, 3.63) is 60.3 Å². The summed E-state index contributed by atoms with van der Waals surface area (Å²) in [6.07, 6.45) is 9.15. The average Bonchev–Trinajstić information content (AvgIpc) is 3.28. The maximum Gasteiger partial charge on any atom is 0.0486 e. The molecule has 2 aromatic carbocycles. The van der Waals surface area contributed by atoms with Crippen molar-refractivity contribution in [2.75, 3.05) is 19.6 Å². The maximum absolute atomic E-state index is 2.59. The van der Waals surface area contributed by atoms with Crippen LogP contribution in [0.2, 0.25) is 0 Å². The fraction of sp³-hybridized carbons (Fsp3) is 0.417. The van der Waals surface area contributed by atoms with E-state index in [0.717, 1.165) is 12.5 Å². The maximum atomic E-state index is 2.59. The van der Waals surface area contributed by atoms with E-state index in [0.29, 0.717) is 0 Å². The molecule has 0 spiro atoms. The van der Waals surface area contributed by atoms with Crippen LogP contribution < -0.4 is 0 Å². The van der Waals surface area contributed by atoms with Gasteiger partial charge in [0.25, 0.3) is 0 Å². The molecule has 2 nitrogen and oxygen atoms in total. The molecule has 1 aliphatic carbocycles. The summed E-state index contributed by atoms with van der Waals surface area (Å²) < 4.78 is 2.43. The van der Waals surface area contributed by atoms with E-state index in [1.165, 1.54) is 79.3 Å². The standard InChI is InChI=1S/C24H28N2/c1-2-15-25(14-1)17-18-26-16-13-23-22(7-4-8-24(23)26)21-11-9-20(10-12-21)19-5-3-6-19/h4,7-13,16,19H,1-3,5-6,14-15,17-18H2. The molecular weight excluding hydrogens is 316 g/mol. The fourth-order valence-corrected chi connectivity index (χ4v) is 4.60. The lowest BCUT2D eigenvalue weighted by Crippen LogP contribution is -2.23. The molecule has 0 bridgehead atoms. The van der Waals surface area contributed by atoms with Crippen molar-refractivity contribution in [2.24, 2.45) is 0 Å². The van der Waals surface area contributed by atoms with Crippen LogP contribution in [0.1, 0.15) is 43.6 Å². The van der Waals surface area contributed by atoms with Gasteiger partial charge in [0.05, 0.1) is 0 Å². The molecule has 2 heterocycles. The third kappa shape index (κ3) is 2.97. The second kappa shape index (κ2) is 6.92. The fourth-order valence-electron chi connectivity index (χ4n) is 4.60. The smallest absolute Gasteiger partial charge is 0.0486 e. The lowest BCUT2D eigenvalue weighted by Gasteiger charge is -2.25. The van der Waals surface area contributed by atoms with E-state index in [1.54, 1.807) is 0 Å². The van der Waals surface area contributed by atoms with E-state index in [1.807, 2.05) is 0 Å². The summed E-state index contributed by atoms with van der Waals surface area (Å²) >= 11 is 0. The molecule has 0 amide bonds. The van der Waals surface area contributed by atoms with Gasteiger partial charge in [-0.1, -0.05) is 42.8 Å². The number of hydrogen-bond acceptors (Lipinski definition) is 1. The number of fused-ring (bicyclic) bond motifs is 1. The van der Waals surface area contributed by atoms with E-state index in [9.17, 15) is 0 Å². The monoisotopic (exact) mass is 344 g/mol. The first kappa shape index (κ1) is 16.1. The molecule has 3 aromatic rings. The van der Waals surface area contributed by atoms with Crippen LogP contribution in [0.4, 0.5) is 0 Å². The first-order valence-electron chi connectivity index (χ1n) is 10.3. The summed E-state index contributed by atoms with van der Waals surface area (Å²) in [5.74, 6) is 0.812. The van der Waals surface area contributed by atoms with Crippen LogP contribution in [0.25, 0.3) is 22.0 Å². The topological polar surface area (TPSA) is 8.17 Å². The minimum atomic E-state index is 0.812. The number of aromatic nitrogens is 1. The highest BCUT2D eigenvalue weighted by molar-refractivity contribution is 5.95. The zero-order valence-corrected chi connectivity index (χ0v) is 15.5. The Bertz CT molecular complexity index is 880. The highest BCUT2D eigenvalue weighted by Crippen LogP contribution is 2.37. The van der Waals surface area contributed by atoms with Crippen LogP contribution in [0.15, 0.2) is 54.7 Å². The van der Waals surface area contributed by atoms with E-state index in [4.69, 9.17) is 0 Å². The predicted molar refractivity (Wildman–Crippen MR) is 110 cm³/mol. The van der Waals surface area contributed by atoms with Gasteiger partial charge in [0.15, 0.2) is 0 Å². The molecule has 1 saturated heterocycles. The van der Waals surface area contributed by atoms with Gasteiger partial charge in [-0.3, -0.25) is 0 Å². The Kier molecular flexibility index (Phi) is 4.30. The predicted octanol–water partition coefficient (Wildman–Crippen LogP) is 5.67. The summed E-state index contributed by atoms with van der Waals surface area (Å²) in [6, 6.07) is 18.4. The van der Waals surface area contributed by atoms with E-state index < -0.39 is 0 Å². The minimum Gasteiger partial charge on any atom is -0.346 e. The summed E-state index contributed by atoms with van der Waals surface area (Å²) in [7, 11) is 0. The van der Waals surface area contributed by atoms with Crippen molar-refractivity contribution in [2.45, 2.75) is 44.6 Å². The quantitative estimate of drug-likeness (QED) is 0.579. The van der Waals surface area contributed by atoms with E-state index in [-0.39, 0.29) is 0 Å². The lowest BCUT2D eigenvalue weighted by atomic mass is 9.80. The van der Waals surface area contributed by atoms with Gasteiger partial charge in [-0.05, 0) is 73.5 Å². The SMILES string of the molecule is c1cc(-c2ccc(C3CCC3)cc2)c2ccn(CCN3CCCC3)c2c1. The van der Waals surface area contributed by atoms with Crippen LogP contribution in [0.5, 0.6) is 0 Å². The van der Waals surface area contributed by atoms with Crippen molar-refractivity contribution in [1.82, 2.24) is 9.47 Å². The van der Waals surface area contributed by atoms with Crippen molar-refractivity contribution < 1.29 is 0 Å². The number of likely N-dealkylation sites (tertiary alicyclic amines) is 1. The largest absolute Gasteiger partial charge is 0.346 e. The number of benzene rings is 2. The third-order valence-electron chi connectivity index (χ3n) is 6.47. The molecule has 26 heavy (non-hydrogen) atoms. The molecule has 0 N–H and O–H groups in total. The second-order valence-corrected chi connectivity index (χ2v) is 8.05. The Hall–Kier alpha value is -2.06. The van der Waals surface area contributed by atoms with E-state index >= 15 is 0 Å². The zero-order chi connectivity index (χ0) is 17.3. The van der Waals surface area contributed by atoms with Crippen LogP contribution in [0.3, 0.4) is 0 Å². The summed E-state index contributed by atoms with van der Waals surface area (Å²) in [4.78, 5) is 2.59. The summed E-state index contributed by atoms with van der Waals surface area (Å²) in [5.41, 5.74) is 5.60. The van der Waals surface area contributed by atoms with E-state index in [2.05, 4.69) is 64.2 Å². The molecule has 0 atom stereocenters. The van der Waals surface area contributed by atoms with Gasteiger partial charge in [0.2, 0.25) is 0 Å². The molecule has 134 valence electrons. The molecule has 2 fully saturated rings. The van der Waals surface area contributed by atoms with Gasteiger partial charge < -0.3 is 9.47 Å². The number of rotatable bonds is 5.